The molecule has 0 unspecified atom stereocenters. The molecule has 2 atom stereocenters. The number of carbonyl (C=O) groups is 1. The number of hydrogen-bond acceptors (Lipinski definition) is 5. The summed E-state index contributed by atoms with van der Waals surface area (Å²) in [6.45, 7) is 1.98. The van der Waals surface area contributed by atoms with Crippen LogP contribution >= 0.6 is 0 Å². The first-order chi connectivity index (χ1) is 11.6. The van der Waals surface area contributed by atoms with E-state index in [9.17, 15) is 4.79 Å². The molecule has 0 saturated heterocycles. The van der Waals surface area contributed by atoms with Crippen LogP contribution in [0.15, 0.2) is 53.5 Å². The van der Waals surface area contributed by atoms with Gasteiger partial charge in [0.2, 0.25) is 5.90 Å². The van der Waals surface area contributed by atoms with Gasteiger partial charge in [0.05, 0.1) is 14.2 Å². The van der Waals surface area contributed by atoms with E-state index in [0.29, 0.717) is 5.90 Å². The number of methoxy groups -OCH3 is 2. The molecule has 0 radical (unpaired) electrons. The molecule has 1 aliphatic heterocycles. The number of nitrogens with zero attached hydrogens (tertiary/aromatic N) is 1. The van der Waals surface area contributed by atoms with Crippen molar-refractivity contribution in [2.75, 3.05) is 14.2 Å². The number of aryl methyl sites for hydroxylation is 1. The second kappa shape index (κ2) is 6.74. The third-order valence-electron chi connectivity index (χ3n) is 4.06. The number of benzene rings is 2. The second-order valence-electron chi connectivity index (χ2n) is 5.53. The van der Waals surface area contributed by atoms with Gasteiger partial charge < -0.3 is 14.2 Å². The van der Waals surface area contributed by atoms with Crippen molar-refractivity contribution in [2.24, 2.45) is 4.99 Å². The highest BCUT2D eigenvalue weighted by atomic mass is 16.5. The molecular formula is C19H19NO4. The number of aliphatic imine (C=N–C) groups is 1. The molecule has 1 aliphatic rings. The third-order valence-corrected chi connectivity index (χ3v) is 4.06. The minimum absolute atomic E-state index is 0.410. The number of hydrogen-bond donors (Lipinski definition) is 0. The van der Waals surface area contributed by atoms with Gasteiger partial charge in [-0.3, -0.25) is 0 Å². The van der Waals surface area contributed by atoms with Crippen LogP contribution in [0, 0.1) is 6.92 Å². The molecule has 0 spiro atoms. The van der Waals surface area contributed by atoms with E-state index in [-0.39, 0.29) is 0 Å². The van der Waals surface area contributed by atoms with Crippen LogP contribution in [0.25, 0.3) is 0 Å². The molecule has 0 aliphatic carbocycles. The highest BCUT2D eigenvalue weighted by Gasteiger charge is 2.39. The van der Waals surface area contributed by atoms with E-state index in [4.69, 9.17) is 14.2 Å². The van der Waals surface area contributed by atoms with Gasteiger partial charge in [-0.15, -0.1) is 0 Å². The first kappa shape index (κ1) is 16.1. The first-order valence-electron chi connectivity index (χ1n) is 7.66. The SMILES string of the molecule is COC(=O)[C@@H]1N=C(c2ccc(OC)cc2)O[C@@H]1c1ccccc1C. The molecule has 3 rings (SSSR count). The zero-order valence-electron chi connectivity index (χ0n) is 13.9. The van der Waals surface area contributed by atoms with Crippen LogP contribution in [0.5, 0.6) is 5.75 Å². The maximum Gasteiger partial charge on any atom is 0.335 e. The van der Waals surface area contributed by atoms with Crippen molar-refractivity contribution in [3.05, 3.63) is 65.2 Å². The van der Waals surface area contributed by atoms with Gasteiger partial charge in [-0.25, -0.2) is 9.79 Å². The molecule has 5 nitrogen and oxygen atoms in total. The van der Waals surface area contributed by atoms with Crippen molar-refractivity contribution in [3.8, 4) is 5.75 Å². The normalized spacial score (nSPS) is 19.4. The molecule has 5 heteroatoms. The van der Waals surface area contributed by atoms with Gasteiger partial charge in [0.1, 0.15) is 5.75 Å². The first-order valence-corrected chi connectivity index (χ1v) is 7.66. The van der Waals surface area contributed by atoms with E-state index >= 15 is 0 Å². The highest BCUT2D eigenvalue weighted by Crippen LogP contribution is 2.33. The van der Waals surface area contributed by atoms with Gasteiger partial charge in [0.15, 0.2) is 12.1 Å². The Balaban J connectivity index is 1.95. The zero-order valence-corrected chi connectivity index (χ0v) is 13.9. The summed E-state index contributed by atoms with van der Waals surface area (Å²) in [7, 11) is 2.97. The predicted molar refractivity (Wildman–Crippen MR) is 90.3 cm³/mol. The summed E-state index contributed by atoms with van der Waals surface area (Å²) in [5, 5.41) is 0. The Morgan fingerprint density at radius 1 is 1.08 bits per heavy atom. The van der Waals surface area contributed by atoms with Crippen molar-refractivity contribution in [1.29, 1.82) is 0 Å². The van der Waals surface area contributed by atoms with Crippen molar-refractivity contribution < 1.29 is 19.0 Å². The van der Waals surface area contributed by atoms with E-state index in [1.165, 1.54) is 7.11 Å². The van der Waals surface area contributed by atoms with Crippen LogP contribution in [-0.2, 0) is 14.3 Å². The van der Waals surface area contributed by atoms with E-state index in [1.807, 2.05) is 55.5 Å². The van der Waals surface area contributed by atoms with Crippen LogP contribution in [0.1, 0.15) is 22.8 Å². The fraction of sp³-hybridized carbons (Fsp3) is 0.263. The zero-order chi connectivity index (χ0) is 17.1. The van der Waals surface area contributed by atoms with Crippen molar-refractivity contribution in [3.63, 3.8) is 0 Å². The van der Waals surface area contributed by atoms with Crippen molar-refractivity contribution in [1.82, 2.24) is 0 Å². The number of ether oxygens (including phenoxy) is 3. The van der Waals surface area contributed by atoms with Gasteiger partial charge in [-0.1, -0.05) is 24.3 Å². The lowest BCUT2D eigenvalue weighted by Gasteiger charge is -2.18. The Morgan fingerprint density at radius 3 is 2.42 bits per heavy atom. The van der Waals surface area contributed by atoms with E-state index in [2.05, 4.69) is 4.99 Å². The number of rotatable bonds is 4. The fourth-order valence-corrected chi connectivity index (χ4v) is 2.72. The molecule has 0 fully saturated rings. The monoisotopic (exact) mass is 325 g/mol. The van der Waals surface area contributed by atoms with Gasteiger partial charge in [0, 0.05) is 5.56 Å². The molecule has 1 heterocycles. The quantitative estimate of drug-likeness (QED) is 0.811. The summed E-state index contributed by atoms with van der Waals surface area (Å²) >= 11 is 0. The van der Waals surface area contributed by atoms with Gasteiger partial charge >= 0.3 is 5.97 Å². The van der Waals surface area contributed by atoms with E-state index in [1.54, 1.807) is 7.11 Å². The minimum Gasteiger partial charge on any atom is -0.497 e. The maximum atomic E-state index is 12.2. The summed E-state index contributed by atoms with van der Waals surface area (Å²) in [5.74, 6) is 0.769. The predicted octanol–water partition coefficient (Wildman–Crippen LogP) is 3.06. The van der Waals surface area contributed by atoms with Gasteiger partial charge in [-0.2, -0.15) is 0 Å². The minimum atomic E-state index is -0.715. The number of esters is 1. The van der Waals surface area contributed by atoms with Crippen LogP contribution in [0.3, 0.4) is 0 Å². The summed E-state index contributed by atoms with van der Waals surface area (Å²) < 4.78 is 16.1. The molecule has 0 amide bonds. The molecule has 24 heavy (non-hydrogen) atoms. The Hall–Kier alpha value is -2.82. The molecule has 0 N–H and O–H groups in total. The average molecular weight is 325 g/mol. The summed E-state index contributed by atoms with van der Waals surface area (Å²) in [6.07, 6.45) is -0.490. The topological polar surface area (TPSA) is 57.1 Å². The summed E-state index contributed by atoms with van der Waals surface area (Å²) in [5.41, 5.74) is 2.77. The molecule has 124 valence electrons. The van der Waals surface area contributed by atoms with Crippen molar-refractivity contribution >= 4 is 11.9 Å². The smallest absolute Gasteiger partial charge is 0.335 e. The molecular weight excluding hydrogens is 306 g/mol. The maximum absolute atomic E-state index is 12.2. The summed E-state index contributed by atoms with van der Waals surface area (Å²) in [4.78, 5) is 16.6. The van der Waals surface area contributed by atoms with Crippen LogP contribution in [0.2, 0.25) is 0 Å². The second-order valence-corrected chi connectivity index (χ2v) is 5.53. The molecule has 0 aromatic heterocycles. The van der Waals surface area contributed by atoms with Crippen molar-refractivity contribution in [2.45, 2.75) is 19.1 Å². The van der Waals surface area contributed by atoms with Gasteiger partial charge in [-0.05, 0) is 42.3 Å². The highest BCUT2D eigenvalue weighted by molar-refractivity contribution is 5.98. The summed E-state index contributed by atoms with van der Waals surface area (Å²) in [6, 6.07) is 14.5. The molecule has 2 aromatic carbocycles. The van der Waals surface area contributed by atoms with Crippen LogP contribution in [0.4, 0.5) is 0 Å². The van der Waals surface area contributed by atoms with E-state index in [0.717, 1.165) is 22.4 Å². The van der Waals surface area contributed by atoms with Crippen LogP contribution < -0.4 is 4.74 Å². The number of carbonyl (C=O) groups excluding carboxylic acids is 1. The average Bonchev–Trinajstić information content (AvgIpc) is 3.06. The largest absolute Gasteiger partial charge is 0.497 e. The lowest BCUT2D eigenvalue weighted by Crippen LogP contribution is -2.25. The fourth-order valence-electron chi connectivity index (χ4n) is 2.72. The Labute approximate surface area is 140 Å². The molecule has 0 saturated carbocycles. The standard InChI is InChI=1S/C19H19NO4/c1-12-6-4-5-7-15(12)17-16(19(21)23-3)20-18(24-17)13-8-10-14(22-2)11-9-13/h4-11,16-17H,1-3H3/t16-,17-/m1/s1. The van der Waals surface area contributed by atoms with Gasteiger partial charge in [0.25, 0.3) is 0 Å². The molecule has 2 aromatic rings. The Bertz CT molecular complexity index is 767. The Morgan fingerprint density at radius 2 is 1.79 bits per heavy atom. The lowest BCUT2D eigenvalue weighted by molar-refractivity contribution is -0.143. The molecule has 0 bridgehead atoms. The van der Waals surface area contributed by atoms with Crippen LogP contribution in [-0.4, -0.2) is 32.1 Å². The van der Waals surface area contributed by atoms with E-state index < -0.39 is 18.1 Å². The lowest BCUT2D eigenvalue weighted by atomic mass is 9.98. The Kier molecular flexibility index (Phi) is 4.51. The third kappa shape index (κ3) is 2.97.